The van der Waals surface area contributed by atoms with Crippen LogP contribution in [-0.4, -0.2) is 28.5 Å². The van der Waals surface area contributed by atoms with Crippen LogP contribution >= 0.6 is 11.5 Å². The van der Waals surface area contributed by atoms with Crippen molar-refractivity contribution < 1.29 is 0 Å². The quantitative estimate of drug-likeness (QED) is 0.827. The summed E-state index contributed by atoms with van der Waals surface area (Å²) in [6, 6.07) is 0.684. The number of hydrogen-bond acceptors (Lipinski definition) is 5. The molecule has 0 amide bonds. The van der Waals surface area contributed by atoms with E-state index in [2.05, 4.69) is 14.3 Å². The van der Waals surface area contributed by atoms with Gasteiger partial charge in [-0.3, -0.25) is 0 Å². The largest absolute Gasteiger partial charge is 0.344 e. The van der Waals surface area contributed by atoms with Gasteiger partial charge in [0.05, 0.1) is 0 Å². The molecule has 1 aliphatic carbocycles. The van der Waals surface area contributed by atoms with E-state index < -0.39 is 0 Å². The van der Waals surface area contributed by atoms with Gasteiger partial charge in [0, 0.05) is 24.1 Å². The van der Waals surface area contributed by atoms with E-state index >= 15 is 0 Å². The van der Waals surface area contributed by atoms with E-state index in [-0.39, 0.29) is 0 Å². The number of rotatable bonds is 5. The fraction of sp³-hybridized carbons (Fsp3) is 0.800. The van der Waals surface area contributed by atoms with Crippen LogP contribution < -0.4 is 10.6 Å². The molecule has 0 atom stereocenters. The zero-order chi connectivity index (χ0) is 10.7. The molecule has 0 bridgehead atoms. The molecule has 15 heavy (non-hydrogen) atoms. The Labute approximate surface area is 94.7 Å². The number of nitrogens with zero attached hydrogens (tertiary/aromatic N) is 3. The molecular formula is C10H18N4S. The summed E-state index contributed by atoms with van der Waals surface area (Å²) in [5, 5.41) is 1.07. The Morgan fingerprint density at radius 3 is 2.80 bits per heavy atom. The van der Waals surface area contributed by atoms with Gasteiger partial charge < -0.3 is 10.6 Å². The molecule has 1 saturated carbocycles. The Balaban J connectivity index is 2.03. The van der Waals surface area contributed by atoms with Gasteiger partial charge in [0.25, 0.3) is 0 Å². The van der Waals surface area contributed by atoms with Crippen molar-refractivity contribution in [3.8, 4) is 0 Å². The van der Waals surface area contributed by atoms with Crippen LogP contribution in [0.2, 0.25) is 0 Å². The summed E-state index contributed by atoms with van der Waals surface area (Å²) in [7, 11) is 0. The zero-order valence-corrected chi connectivity index (χ0v) is 9.96. The Hall–Kier alpha value is -0.680. The van der Waals surface area contributed by atoms with Gasteiger partial charge in [-0.15, -0.1) is 0 Å². The standard InChI is InChI=1S/C10H18N4S/c1-8-12-10(15-13-8)14(7-3-6-11)9-4-2-5-9/h9H,2-7,11H2,1H3. The van der Waals surface area contributed by atoms with Crippen molar-refractivity contribution in [3.05, 3.63) is 5.82 Å². The average molecular weight is 226 g/mol. The number of aryl methyl sites for hydroxylation is 1. The first-order valence-corrected chi connectivity index (χ1v) is 6.35. The molecule has 84 valence electrons. The number of hydrogen-bond donors (Lipinski definition) is 1. The predicted octanol–water partition coefficient (Wildman–Crippen LogP) is 1.55. The third kappa shape index (κ3) is 2.46. The number of anilines is 1. The van der Waals surface area contributed by atoms with Gasteiger partial charge in [-0.25, -0.2) is 4.98 Å². The van der Waals surface area contributed by atoms with Crippen molar-refractivity contribution in [2.75, 3.05) is 18.0 Å². The van der Waals surface area contributed by atoms with Crippen molar-refractivity contribution in [1.29, 1.82) is 0 Å². The normalized spacial score (nSPS) is 16.4. The van der Waals surface area contributed by atoms with Crippen LogP contribution in [-0.2, 0) is 0 Å². The summed E-state index contributed by atoms with van der Waals surface area (Å²) < 4.78 is 4.24. The van der Waals surface area contributed by atoms with E-state index in [9.17, 15) is 0 Å². The third-order valence-corrected chi connectivity index (χ3v) is 3.73. The van der Waals surface area contributed by atoms with E-state index in [1.165, 1.54) is 30.8 Å². The maximum absolute atomic E-state index is 5.56. The monoisotopic (exact) mass is 226 g/mol. The van der Waals surface area contributed by atoms with Gasteiger partial charge in [0.1, 0.15) is 5.82 Å². The van der Waals surface area contributed by atoms with Crippen LogP contribution in [0.15, 0.2) is 0 Å². The molecule has 0 unspecified atom stereocenters. The topological polar surface area (TPSA) is 55.0 Å². The predicted molar refractivity (Wildman–Crippen MR) is 63.3 cm³/mol. The summed E-state index contributed by atoms with van der Waals surface area (Å²) in [5.74, 6) is 0.882. The third-order valence-electron chi connectivity index (χ3n) is 2.88. The Morgan fingerprint density at radius 1 is 1.53 bits per heavy atom. The fourth-order valence-electron chi connectivity index (χ4n) is 1.80. The van der Waals surface area contributed by atoms with Gasteiger partial charge in [0.2, 0.25) is 5.13 Å². The highest BCUT2D eigenvalue weighted by Gasteiger charge is 2.26. The molecule has 1 heterocycles. The van der Waals surface area contributed by atoms with Crippen molar-refractivity contribution in [3.63, 3.8) is 0 Å². The van der Waals surface area contributed by atoms with E-state index in [4.69, 9.17) is 5.73 Å². The van der Waals surface area contributed by atoms with Crippen molar-refractivity contribution >= 4 is 16.7 Å². The molecule has 4 nitrogen and oxygen atoms in total. The molecule has 0 spiro atoms. The van der Waals surface area contributed by atoms with Crippen LogP contribution in [0.5, 0.6) is 0 Å². The second-order valence-electron chi connectivity index (χ2n) is 4.04. The summed E-state index contributed by atoms with van der Waals surface area (Å²) >= 11 is 1.51. The molecule has 0 aromatic carbocycles. The lowest BCUT2D eigenvalue weighted by atomic mass is 9.92. The SMILES string of the molecule is Cc1nsc(N(CCCN)C2CCC2)n1. The molecule has 1 aromatic heterocycles. The minimum atomic E-state index is 0.684. The summed E-state index contributed by atoms with van der Waals surface area (Å²) in [5.41, 5.74) is 5.56. The van der Waals surface area contributed by atoms with E-state index in [0.29, 0.717) is 6.04 Å². The number of aromatic nitrogens is 2. The first-order chi connectivity index (χ1) is 7.31. The molecule has 0 saturated heterocycles. The molecule has 5 heteroatoms. The molecule has 0 aliphatic heterocycles. The van der Waals surface area contributed by atoms with Gasteiger partial charge in [-0.1, -0.05) is 0 Å². The Morgan fingerprint density at radius 2 is 2.33 bits per heavy atom. The second-order valence-corrected chi connectivity index (χ2v) is 4.77. The van der Waals surface area contributed by atoms with E-state index in [1.54, 1.807) is 0 Å². The lowest BCUT2D eigenvalue weighted by Crippen LogP contribution is -2.41. The maximum Gasteiger partial charge on any atom is 0.205 e. The van der Waals surface area contributed by atoms with Crippen LogP contribution in [0, 0.1) is 6.92 Å². The summed E-state index contributed by atoms with van der Waals surface area (Å²) in [6.07, 6.45) is 4.98. The minimum absolute atomic E-state index is 0.684. The van der Waals surface area contributed by atoms with Crippen molar-refractivity contribution in [2.45, 2.75) is 38.6 Å². The zero-order valence-electron chi connectivity index (χ0n) is 9.15. The van der Waals surface area contributed by atoms with Gasteiger partial charge in [0.15, 0.2) is 0 Å². The summed E-state index contributed by atoms with van der Waals surface area (Å²) in [4.78, 5) is 6.85. The highest BCUT2D eigenvalue weighted by molar-refractivity contribution is 7.09. The Kier molecular flexibility index (Phi) is 3.53. The maximum atomic E-state index is 5.56. The van der Waals surface area contributed by atoms with Crippen LogP contribution in [0.4, 0.5) is 5.13 Å². The Bertz CT molecular complexity index is 308. The molecule has 2 N–H and O–H groups in total. The highest BCUT2D eigenvalue weighted by atomic mass is 32.1. The number of nitrogens with two attached hydrogens (primary N) is 1. The minimum Gasteiger partial charge on any atom is -0.344 e. The van der Waals surface area contributed by atoms with Gasteiger partial charge in [-0.2, -0.15) is 4.37 Å². The molecule has 1 aromatic rings. The van der Waals surface area contributed by atoms with Crippen molar-refractivity contribution in [2.24, 2.45) is 5.73 Å². The fourth-order valence-corrected chi connectivity index (χ4v) is 2.57. The van der Waals surface area contributed by atoms with Crippen LogP contribution in [0.25, 0.3) is 0 Å². The first-order valence-electron chi connectivity index (χ1n) is 5.58. The van der Waals surface area contributed by atoms with E-state index in [0.717, 1.165) is 30.5 Å². The summed E-state index contributed by atoms with van der Waals surface area (Å²) in [6.45, 7) is 3.72. The second kappa shape index (κ2) is 4.90. The lowest BCUT2D eigenvalue weighted by Gasteiger charge is -2.37. The first kappa shape index (κ1) is 10.8. The lowest BCUT2D eigenvalue weighted by molar-refractivity contribution is 0.384. The van der Waals surface area contributed by atoms with Crippen LogP contribution in [0.3, 0.4) is 0 Å². The van der Waals surface area contributed by atoms with Gasteiger partial charge in [-0.05, 0) is 39.2 Å². The highest BCUT2D eigenvalue weighted by Crippen LogP contribution is 2.30. The average Bonchev–Trinajstić information content (AvgIpc) is 2.56. The van der Waals surface area contributed by atoms with Crippen LogP contribution in [0.1, 0.15) is 31.5 Å². The van der Waals surface area contributed by atoms with Crippen molar-refractivity contribution in [1.82, 2.24) is 9.36 Å². The van der Waals surface area contributed by atoms with Gasteiger partial charge >= 0.3 is 0 Å². The molecule has 0 radical (unpaired) electrons. The molecule has 2 rings (SSSR count). The molecule has 1 aliphatic rings. The molecule has 1 fully saturated rings. The smallest absolute Gasteiger partial charge is 0.205 e. The molecular weight excluding hydrogens is 208 g/mol. The van der Waals surface area contributed by atoms with E-state index in [1.807, 2.05) is 6.92 Å².